The molecular formula is C19H21N3O3. The fourth-order valence-electron chi connectivity index (χ4n) is 2.88. The molecule has 0 aromatic heterocycles. The molecule has 0 aliphatic carbocycles. The summed E-state index contributed by atoms with van der Waals surface area (Å²) in [6.45, 7) is 2.43. The number of anilines is 2. The van der Waals surface area contributed by atoms with Gasteiger partial charge in [0.2, 0.25) is 0 Å². The van der Waals surface area contributed by atoms with Gasteiger partial charge in [-0.1, -0.05) is 18.2 Å². The molecule has 0 atom stereocenters. The Morgan fingerprint density at radius 3 is 2.12 bits per heavy atom. The SMILES string of the molecule is CN(C(=O)C(=O)N1CCN(c2ccccc2)CC1)c1ccc(O)cc1. The lowest BCUT2D eigenvalue weighted by Crippen LogP contribution is -2.53. The lowest BCUT2D eigenvalue weighted by molar-refractivity contribution is -0.144. The number of phenols is 1. The Labute approximate surface area is 146 Å². The average Bonchev–Trinajstić information content (AvgIpc) is 2.67. The lowest BCUT2D eigenvalue weighted by Gasteiger charge is -2.36. The number of nitrogens with zero attached hydrogens (tertiary/aromatic N) is 3. The molecule has 0 bridgehead atoms. The van der Waals surface area contributed by atoms with Gasteiger partial charge in [0.05, 0.1) is 0 Å². The van der Waals surface area contributed by atoms with Crippen LogP contribution in [0.2, 0.25) is 0 Å². The highest BCUT2D eigenvalue weighted by Gasteiger charge is 2.28. The number of likely N-dealkylation sites (N-methyl/N-ethyl adjacent to an activating group) is 1. The molecule has 0 unspecified atom stereocenters. The van der Waals surface area contributed by atoms with Crippen LogP contribution in [-0.4, -0.2) is 55.0 Å². The molecule has 1 saturated heterocycles. The molecule has 3 rings (SSSR count). The van der Waals surface area contributed by atoms with Gasteiger partial charge in [-0.2, -0.15) is 0 Å². The zero-order chi connectivity index (χ0) is 17.8. The highest BCUT2D eigenvalue weighted by Crippen LogP contribution is 2.19. The van der Waals surface area contributed by atoms with E-state index in [4.69, 9.17) is 0 Å². The van der Waals surface area contributed by atoms with E-state index in [1.54, 1.807) is 24.1 Å². The monoisotopic (exact) mass is 339 g/mol. The number of benzene rings is 2. The molecule has 6 heteroatoms. The van der Waals surface area contributed by atoms with Gasteiger partial charge in [0, 0.05) is 44.6 Å². The van der Waals surface area contributed by atoms with Crippen LogP contribution in [0.1, 0.15) is 0 Å². The molecule has 2 aromatic rings. The number of rotatable bonds is 2. The molecule has 1 heterocycles. The minimum Gasteiger partial charge on any atom is -0.508 e. The maximum atomic E-state index is 12.5. The van der Waals surface area contributed by atoms with Crippen molar-refractivity contribution in [1.82, 2.24) is 4.90 Å². The number of amides is 2. The Morgan fingerprint density at radius 1 is 0.920 bits per heavy atom. The number of hydrogen-bond acceptors (Lipinski definition) is 4. The normalized spacial score (nSPS) is 14.3. The minimum absolute atomic E-state index is 0.118. The number of carbonyl (C=O) groups is 2. The quantitative estimate of drug-likeness (QED) is 0.846. The van der Waals surface area contributed by atoms with E-state index in [1.807, 2.05) is 30.3 Å². The minimum atomic E-state index is -0.571. The van der Waals surface area contributed by atoms with E-state index in [0.29, 0.717) is 31.9 Å². The number of carbonyl (C=O) groups excluding carboxylic acids is 2. The van der Waals surface area contributed by atoms with Crippen molar-refractivity contribution in [3.8, 4) is 5.75 Å². The molecule has 0 radical (unpaired) electrons. The predicted octanol–water partition coefficient (Wildman–Crippen LogP) is 1.70. The third-order valence-electron chi connectivity index (χ3n) is 4.41. The largest absolute Gasteiger partial charge is 0.508 e. The van der Waals surface area contributed by atoms with Gasteiger partial charge < -0.3 is 19.8 Å². The summed E-state index contributed by atoms with van der Waals surface area (Å²) in [6.07, 6.45) is 0. The Morgan fingerprint density at radius 2 is 1.52 bits per heavy atom. The van der Waals surface area contributed by atoms with Crippen LogP contribution in [0.15, 0.2) is 54.6 Å². The molecule has 25 heavy (non-hydrogen) atoms. The van der Waals surface area contributed by atoms with Crippen LogP contribution in [-0.2, 0) is 9.59 Å². The fraction of sp³-hybridized carbons (Fsp3) is 0.263. The second-order valence-electron chi connectivity index (χ2n) is 6.00. The number of phenolic OH excluding ortho intramolecular Hbond substituents is 1. The van der Waals surface area contributed by atoms with Crippen LogP contribution in [0, 0.1) is 0 Å². The number of para-hydroxylation sites is 1. The van der Waals surface area contributed by atoms with Crippen molar-refractivity contribution in [3.63, 3.8) is 0 Å². The van der Waals surface area contributed by atoms with Crippen molar-refractivity contribution in [3.05, 3.63) is 54.6 Å². The van der Waals surface area contributed by atoms with Gasteiger partial charge in [-0.25, -0.2) is 0 Å². The topological polar surface area (TPSA) is 64.1 Å². The predicted molar refractivity (Wildman–Crippen MR) is 96.8 cm³/mol. The van der Waals surface area contributed by atoms with Gasteiger partial charge >= 0.3 is 11.8 Å². The summed E-state index contributed by atoms with van der Waals surface area (Å²) in [4.78, 5) is 30.0. The molecular weight excluding hydrogens is 318 g/mol. The second-order valence-corrected chi connectivity index (χ2v) is 6.00. The first-order chi connectivity index (χ1) is 12.1. The van der Waals surface area contributed by atoms with Gasteiger partial charge in [-0.15, -0.1) is 0 Å². The van der Waals surface area contributed by atoms with Gasteiger partial charge in [-0.05, 0) is 36.4 Å². The molecule has 2 amide bonds. The standard InChI is InChI=1S/C19H21N3O3/c1-20(15-7-9-17(23)10-8-15)18(24)19(25)22-13-11-21(12-14-22)16-5-3-2-4-6-16/h2-10,23H,11-14H2,1H3. The van der Waals surface area contributed by atoms with Crippen LogP contribution in [0.5, 0.6) is 5.75 Å². The zero-order valence-corrected chi connectivity index (χ0v) is 14.1. The summed E-state index contributed by atoms with van der Waals surface area (Å²) in [5.74, 6) is -0.949. The number of hydrogen-bond donors (Lipinski definition) is 1. The van der Waals surface area contributed by atoms with Crippen molar-refractivity contribution in [2.24, 2.45) is 0 Å². The molecule has 1 aliphatic rings. The van der Waals surface area contributed by atoms with E-state index in [0.717, 1.165) is 5.69 Å². The van der Waals surface area contributed by atoms with Crippen molar-refractivity contribution in [2.45, 2.75) is 0 Å². The summed E-state index contributed by atoms with van der Waals surface area (Å²) in [7, 11) is 1.56. The molecule has 0 saturated carbocycles. The Bertz CT molecular complexity index is 738. The molecule has 0 spiro atoms. The van der Waals surface area contributed by atoms with Crippen molar-refractivity contribution < 1.29 is 14.7 Å². The molecule has 1 aliphatic heterocycles. The fourth-order valence-corrected chi connectivity index (χ4v) is 2.88. The number of piperazine rings is 1. The van der Waals surface area contributed by atoms with Crippen LogP contribution in [0.3, 0.4) is 0 Å². The third-order valence-corrected chi connectivity index (χ3v) is 4.41. The summed E-state index contributed by atoms with van der Waals surface area (Å²) in [5.41, 5.74) is 1.70. The van der Waals surface area contributed by atoms with E-state index in [1.165, 1.54) is 17.0 Å². The first-order valence-electron chi connectivity index (χ1n) is 8.22. The van der Waals surface area contributed by atoms with Crippen LogP contribution >= 0.6 is 0 Å². The molecule has 1 fully saturated rings. The average molecular weight is 339 g/mol. The zero-order valence-electron chi connectivity index (χ0n) is 14.1. The van der Waals surface area contributed by atoms with Gasteiger partial charge in [0.25, 0.3) is 0 Å². The highest BCUT2D eigenvalue weighted by atomic mass is 16.3. The smallest absolute Gasteiger partial charge is 0.316 e. The van der Waals surface area contributed by atoms with Gasteiger partial charge in [0.1, 0.15) is 5.75 Å². The molecule has 130 valence electrons. The molecule has 6 nitrogen and oxygen atoms in total. The van der Waals surface area contributed by atoms with E-state index in [9.17, 15) is 14.7 Å². The third kappa shape index (κ3) is 3.74. The summed E-state index contributed by atoms with van der Waals surface area (Å²) >= 11 is 0. The number of aromatic hydroxyl groups is 1. The summed E-state index contributed by atoms with van der Waals surface area (Å²) < 4.78 is 0. The van der Waals surface area contributed by atoms with Crippen LogP contribution < -0.4 is 9.80 Å². The summed E-state index contributed by atoms with van der Waals surface area (Å²) in [5, 5.41) is 9.33. The lowest BCUT2D eigenvalue weighted by atomic mass is 10.2. The van der Waals surface area contributed by atoms with Gasteiger partial charge in [0.15, 0.2) is 0 Å². The second kappa shape index (κ2) is 7.25. The van der Waals surface area contributed by atoms with E-state index < -0.39 is 11.8 Å². The maximum absolute atomic E-state index is 12.5. The van der Waals surface area contributed by atoms with Crippen molar-refractivity contribution >= 4 is 23.2 Å². The molecule has 2 aromatic carbocycles. The molecule has 1 N–H and O–H groups in total. The van der Waals surface area contributed by atoms with E-state index >= 15 is 0 Å². The van der Waals surface area contributed by atoms with E-state index in [2.05, 4.69) is 4.90 Å². The highest BCUT2D eigenvalue weighted by molar-refractivity contribution is 6.40. The van der Waals surface area contributed by atoms with Gasteiger partial charge in [-0.3, -0.25) is 9.59 Å². The summed E-state index contributed by atoms with van der Waals surface area (Å²) in [6, 6.07) is 16.2. The van der Waals surface area contributed by atoms with E-state index in [-0.39, 0.29) is 5.75 Å². The Balaban J connectivity index is 1.60. The Hall–Kier alpha value is -3.02. The maximum Gasteiger partial charge on any atom is 0.316 e. The van der Waals surface area contributed by atoms with Crippen LogP contribution in [0.25, 0.3) is 0 Å². The van der Waals surface area contributed by atoms with Crippen molar-refractivity contribution in [1.29, 1.82) is 0 Å². The van der Waals surface area contributed by atoms with Crippen LogP contribution in [0.4, 0.5) is 11.4 Å². The first-order valence-corrected chi connectivity index (χ1v) is 8.22. The Kier molecular flexibility index (Phi) is 4.88. The van der Waals surface area contributed by atoms with Crippen molar-refractivity contribution in [2.75, 3.05) is 43.0 Å². The first kappa shape index (κ1) is 16.8.